The molecule has 2 amide bonds. The molecular weight excluding hydrogens is 326 g/mol. The molecule has 1 aliphatic heterocycles. The molecular formula is C21H25N3O2. The number of para-hydroxylation sites is 1. The maximum atomic E-state index is 12.6. The molecule has 26 heavy (non-hydrogen) atoms. The maximum Gasteiger partial charge on any atom is 0.253 e. The van der Waals surface area contributed by atoms with Crippen LogP contribution in [-0.4, -0.2) is 53.8 Å². The third kappa shape index (κ3) is 4.11. The first-order valence-corrected chi connectivity index (χ1v) is 9.01. The van der Waals surface area contributed by atoms with Crippen molar-refractivity contribution in [1.29, 1.82) is 0 Å². The molecule has 3 rings (SSSR count). The van der Waals surface area contributed by atoms with Crippen LogP contribution in [0.25, 0.3) is 0 Å². The van der Waals surface area contributed by atoms with Crippen LogP contribution in [0.15, 0.2) is 54.6 Å². The molecule has 0 spiro atoms. The number of hydrogen-bond acceptors (Lipinski definition) is 3. The molecule has 1 N–H and O–H groups in total. The Morgan fingerprint density at radius 2 is 1.54 bits per heavy atom. The van der Waals surface area contributed by atoms with E-state index < -0.39 is 0 Å². The highest BCUT2D eigenvalue weighted by Gasteiger charge is 2.28. The Hall–Kier alpha value is -2.66. The van der Waals surface area contributed by atoms with Gasteiger partial charge in [-0.1, -0.05) is 36.4 Å². The second-order valence-corrected chi connectivity index (χ2v) is 6.67. The molecule has 1 fully saturated rings. The number of carbonyl (C=O) groups is 2. The van der Waals surface area contributed by atoms with Crippen LogP contribution < -0.4 is 5.32 Å². The van der Waals surface area contributed by atoms with Crippen LogP contribution in [-0.2, 0) is 4.79 Å². The molecule has 0 bridgehead atoms. The third-order valence-electron chi connectivity index (χ3n) is 4.95. The molecule has 5 heteroatoms. The number of nitrogens with one attached hydrogen (secondary N) is 1. The smallest absolute Gasteiger partial charge is 0.253 e. The largest absolute Gasteiger partial charge is 0.336 e. The SMILES string of the molecule is Cc1ccccc1NC(=O)[C@H](C)N1CCN(C(=O)c2ccccc2)CC1. The Morgan fingerprint density at radius 3 is 2.19 bits per heavy atom. The van der Waals surface area contributed by atoms with Gasteiger partial charge in [0.05, 0.1) is 6.04 Å². The van der Waals surface area contributed by atoms with E-state index in [2.05, 4.69) is 10.2 Å². The molecule has 1 aliphatic rings. The lowest BCUT2D eigenvalue weighted by molar-refractivity contribution is -0.121. The fraction of sp³-hybridized carbons (Fsp3) is 0.333. The molecule has 1 heterocycles. The summed E-state index contributed by atoms with van der Waals surface area (Å²) in [5.74, 6) is 0.0457. The quantitative estimate of drug-likeness (QED) is 0.922. The van der Waals surface area contributed by atoms with E-state index in [0.29, 0.717) is 31.7 Å². The van der Waals surface area contributed by atoms with Gasteiger partial charge >= 0.3 is 0 Å². The number of anilines is 1. The first-order chi connectivity index (χ1) is 12.6. The molecule has 1 atom stereocenters. The van der Waals surface area contributed by atoms with Crippen molar-refractivity contribution in [2.75, 3.05) is 31.5 Å². The van der Waals surface area contributed by atoms with Gasteiger partial charge in [-0.05, 0) is 37.6 Å². The number of aryl methyl sites for hydroxylation is 1. The molecule has 1 saturated heterocycles. The Balaban J connectivity index is 1.55. The van der Waals surface area contributed by atoms with Crippen molar-refractivity contribution < 1.29 is 9.59 Å². The molecule has 2 aromatic carbocycles. The van der Waals surface area contributed by atoms with Gasteiger partial charge in [-0.3, -0.25) is 14.5 Å². The van der Waals surface area contributed by atoms with E-state index in [9.17, 15) is 9.59 Å². The zero-order chi connectivity index (χ0) is 18.5. The van der Waals surface area contributed by atoms with Crippen LogP contribution in [0.4, 0.5) is 5.69 Å². The average molecular weight is 351 g/mol. The fourth-order valence-electron chi connectivity index (χ4n) is 3.19. The van der Waals surface area contributed by atoms with Crippen molar-refractivity contribution in [2.24, 2.45) is 0 Å². The third-order valence-corrected chi connectivity index (χ3v) is 4.95. The molecule has 0 saturated carbocycles. The molecule has 2 aromatic rings. The van der Waals surface area contributed by atoms with Crippen molar-refractivity contribution in [3.8, 4) is 0 Å². The zero-order valence-electron chi connectivity index (χ0n) is 15.3. The number of benzene rings is 2. The lowest BCUT2D eigenvalue weighted by atomic mass is 10.1. The summed E-state index contributed by atoms with van der Waals surface area (Å²) in [6.45, 7) is 6.56. The van der Waals surface area contributed by atoms with Gasteiger partial charge < -0.3 is 10.2 Å². The molecule has 0 aliphatic carbocycles. The normalized spacial score (nSPS) is 16.2. The van der Waals surface area contributed by atoms with Gasteiger partial charge in [0.15, 0.2) is 0 Å². The summed E-state index contributed by atoms with van der Waals surface area (Å²) < 4.78 is 0. The zero-order valence-corrected chi connectivity index (χ0v) is 15.3. The average Bonchev–Trinajstić information content (AvgIpc) is 2.69. The Labute approximate surface area is 154 Å². The summed E-state index contributed by atoms with van der Waals surface area (Å²) in [7, 11) is 0. The van der Waals surface area contributed by atoms with Gasteiger partial charge in [0, 0.05) is 37.4 Å². The van der Waals surface area contributed by atoms with Crippen molar-refractivity contribution >= 4 is 17.5 Å². The summed E-state index contributed by atoms with van der Waals surface area (Å²) in [6.07, 6.45) is 0. The van der Waals surface area contributed by atoms with E-state index in [-0.39, 0.29) is 17.9 Å². The predicted molar refractivity (Wildman–Crippen MR) is 103 cm³/mol. The van der Waals surface area contributed by atoms with Gasteiger partial charge in [0.25, 0.3) is 5.91 Å². The lowest BCUT2D eigenvalue weighted by Gasteiger charge is -2.37. The van der Waals surface area contributed by atoms with Gasteiger partial charge in [0.2, 0.25) is 5.91 Å². The summed E-state index contributed by atoms with van der Waals surface area (Å²) in [4.78, 5) is 29.1. The topological polar surface area (TPSA) is 52.7 Å². The Bertz CT molecular complexity index is 768. The highest BCUT2D eigenvalue weighted by Crippen LogP contribution is 2.16. The predicted octanol–water partition coefficient (Wildman–Crippen LogP) is 2.78. The minimum absolute atomic E-state index is 0.0119. The number of amides is 2. The number of hydrogen-bond donors (Lipinski definition) is 1. The van der Waals surface area contributed by atoms with E-state index in [4.69, 9.17) is 0 Å². The first-order valence-electron chi connectivity index (χ1n) is 9.01. The second-order valence-electron chi connectivity index (χ2n) is 6.67. The summed E-state index contributed by atoms with van der Waals surface area (Å²) >= 11 is 0. The minimum atomic E-state index is -0.233. The number of piperazine rings is 1. The van der Waals surface area contributed by atoms with Crippen molar-refractivity contribution in [3.05, 3.63) is 65.7 Å². The monoisotopic (exact) mass is 351 g/mol. The van der Waals surface area contributed by atoms with Crippen LogP contribution >= 0.6 is 0 Å². The highest BCUT2D eigenvalue weighted by molar-refractivity contribution is 5.95. The van der Waals surface area contributed by atoms with Gasteiger partial charge in [-0.15, -0.1) is 0 Å². The van der Waals surface area contributed by atoms with Crippen molar-refractivity contribution in [2.45, 2.75) is 19.9 Å². The van der Waals surface area contributed by atoms with Gasteiger partial charge in [-0.2, -0.15) is 0 Å². The fourth-order valence-corrected chi connectivity index (χ4v) is 3.19. The lowest BCUT2D eigenvalue weighted by Crippen LogP contribution is -2.54. The summed E-state index contributed by atoms with van der Waals surface area (Å²) in [6, 6.07) is 16.9. The van der Waals surface area contributed by atoms with Crippen LogP contribution in [0.3, 0.4) is 0 Å². The first kappa shape index (κ1) is 18.1. The van der Waals surface area contributed by atoms with Crippen LogP contribution in [0.1, 0.15) is 22.8 Å². The van der Waals surface area contributed by atoms with Crippen molar-refractivity contribution in [1.82, 2.24) is 9.80 Å². The number of nitrogens with zero attached hydrogens (tertiary/aromatic N) is 2. The Morgan fingerprint density at radius 1 is 0.923 bits per heavy atom. The van der Waals surface area contributed by atoms with E-state index in [1.165, 1.54) is 0 Å². The summed E-state index contributed by atoms with van der Waals surface area (Å²) in [5.41, 5.74) is 2.61. The molecule has 0 radical (unpaired) electrons. The molecule has 136 valence electrons. The van der Waals surface area contributed by atoms with Crippen molar-refractivity contribution in [3.63, 3.8) is 0 Å². The molecule has 5 nitrogen and oxygen atoms in total. The van der Waals surface area contributed by atoms with Gasteiger partial charge in [-0.25, -0.2) is 0 Å². The van der Waals surface area contributed by atoms with Crippen LogP contribution in [0.2, 0.25) is 0 Å². The maximum absolute atomic E-state index is 12.6. The van der Waals surface area contributed by atoms with Crippen LogP contribution in [0, 0.1) is 6.92 Å². The summed E-state index contributed by atoms with van der Waals surface area (Å²) in [5, 5.41) is 3.01. The highest BCUT2D eigenvalue weighted by atomic mass is 16.2. The standard InChI is InChI=1S/C21H25N3O2/c1-16-8-6-7-11-19(16)22-20(25)17(2)23-12-14-24(15-13-23)21(26)18-9-4-3-5-10-18/h3-11,17H,12-15H2,1-2H3,(H,22,25)/t17-/m0/s1. The molecule has 0 unspecified atom stereocenters. The van der Waals surface area contributed by atoms with E-state index in [0.717, 1.165) is 11.3 Å². The van der Waals surface area contributed by atoms with E-state index in [1.54, 1.807) is 0 Å². The number of carbonyl (C=O) groups excluding carboxylic acids is 2. The second kappa shape index (κ2) is 8.15. The Kier molecular flexibility index (Phi) is 5.68. The van der Waals surface area contributed by atoms with Gasteiger partial charge in [0.1, 0.15) is 0 Å². The van der Waals surface area contributed by atoms with Crippen LogP contribution in [0.5, 0.6) is 0 Å². The minimum Gasteiger partial charge on any atom is -0.336 e. The van der Waals surface area contributed by atoms with E-state index in [1.807, 2.05) is 73.3 Å². The van der Waals surface area contributed by atoms with E-state index >= 15 is 0 Å². The number of rotatable bonds is 4. The molecule has 0 aromatic heterocycles.